The predicted octanol–water partition coefficient (Wildman–Crippen LogP) is 1.54. The zero-order valence-electron chi connectivity index (χ0n) is 10.6. The third kappa shape index (κ3) is 4.07. The smallest absolute Gasteiger partial charge is 0.171 e. The number of nitrogens with one attached hydrogen (secondary N) is 2. The number of carbonyl (C=O) groups is 1. The van der Waals surface area contributed by atoms with Gasteiger partial charge in [-0.2, -0.15) is 0 Å². The second-order valence-corrected chi connectivity index (χ2v) is 4.57. The van der Waals surface area contributed by atoms with E-state index in [-0.39, 0.29) is 5.56 Å². The molecule has 0 aliphatic heterocycles. The van der Waals surface area contributed by atoms with Crippen molar-refractivity contribution in [3.8, 4) is 0 Å². The number of rotatable bonds is 4. The molecule has 0 saturated heterocycles. The highest BCUT2D eigenvalue weighted by Gasteiger charge is 1.99. The first-order valence-electron chi connectivity index (χ1n) is 6.05. The highest BCUT2D eigenvalue weighted by molar-refractivity contribution is 7.80. The predicted molar refractivity (Wildman–Crippen MR) is 80.3 cm³/mol. The summed E-state index contributed by atoms with van der Waals surface area (Å²) in [5, 5.41) is 17.2. The molecule has 0 aliphatic rings. The fourth-order valence-corrected chi connectivity index (χ4v) is 1.83. The van der Waals surface area contributed by atoms with Crippen LogP contribution in [-0.4, -0.2) is 11.1 Å². The van der Waals surface area contributed by atoms with E-state index in [1.807, 2.05) is 30.3 Å². The molecule has 2 rings (SSSR count). The lowest BCUT2D eigenvalue weighted by Crippen LogP contribution is -2.28. The van der Waals surface area contributed by atoms with Gasteiger partial charge in [-0.3, -0.25) is 0 Å². The van der Waals surface area contributed by atoms with Gasteiger partial charge in [0, 0.05) is 12.2 Å². The molecule has 0 saturated carbocycles. The molecule has 0 amide bonds. The Balaban J connectivity index is 1.86. The van der Waals surface area contributed by atoms with Crippen LogP contribution in [0.3, 0.4) is 0 Å². The molecule has 5 heteroatoms. The second kappa shape index (κ2) is 6.68. The minimum atomic E-state index is -1.19. The van der Waals surface area contributed by atoms with Crippen LogP contribution >= 0.6 is 12.2 Å². The van der Waals surface area contributed by atoms with Gasteiger partial charge in [-0.05, 0) is 35.5 Å². The number of benzene rings is 2. The van der Waals surface area contributed by atoms with E-state index in [1.54, 1.807) is 12.1 Å². The summed E-state index contributed by atoms with van der Waals surface area (Å²) in [6.07, 6.45) is 0. The number of hydrogen-bond donors (Lipinski definition) is 2. The van der Waals surface area contributed by atoms with Crippen molar-refractivity contribution < 1.29 is 9.90 Å². The first kappa shape index (κ1) is 14.0. The zero-order chi connectivity index (χ0) is 14.4. The fraction of sp³-hybridized carbons (Fsp3) is 0.0667. The molecule has 102 valence electrons. The van der Waals surface area contributed by atoms with E-state index in [1.165, 1.54) is 12.1 Å². The Hall–Kier alpha value is -2.40. The first-order valence-corrected chi connectivity index (χ1v) is 6.46. The number of anilines is 1. The number of aromatic carboxylic acids is 1. The largest absolute Gasteiger partial charge is 0.545 e. The molecule has 0 atom stereocenters. The average Bonchev–Trinajstić information content (AvgIpc) is 2.47. The molecule has 0 radical (unpaired) electrons. The fourth-order valence-electron chi connectivity index (χ4n) is 1.64. The molecule has 0 bridgehead atoms. The second-order valence-electron chi connectivity index (χ2n) is 4.16. The quantitative estimate of drug-likeness (QED) is 0.834. The molecule has 2 N–H and O–H groups in total. The van der Waals surface area contributed by atoms with Gasteiger partial charge in [0.05, 0.1) is 5.97 Å². The zero-order valence-corrected chi connectivity index (χ0v) is 11.4. The van der Waals surface area contributed by atoms with E-state index in [0.29, 0.717) is 11.7 Å². The number of thiocarbonyl (C=S) groups is 1. The maximum absolute atomic E-state index is 10.6. The van der Waals surface area contributed by atoms with Crippen LogP contribution in [0.1, 0.15) is 15.9 Å². The van der Waals surface area contributed by atoms with Crippen LogP contribution in [-0.2, 0) is 6.54 Å². The Morgan fingerprint density at radius 1 is 1.05 bits per heavy atom. The summed E-state index contributed by atoms with van der Waals surface area (Å²) in [4.78, 5) is 10.6. The van der Waals surface area contributed by atoms with Gasteiger partial charge in [0.25, 0.3) is 0 Å². The van der Waals surface area contributed by atoms with Crippen molar-refractivity contribution in [1.29, 1.82) is 0 Å². The van der Waals surface area contributed by atoms with Crippen LogP contribution in [0.4, 0.5) is 5.69 Å². The topological polar surface area (TPSA) is 64.2 Å². The van der Waals surface area contributed by atoms with Gasteiger partial charge in [0.15, 0.2) is 5.11 Å². The van der Waals surface area contributed by atoms with Crippen LogP contribution in [0.5, 0.6) is 0 Å². The minimum Gasteiger partial charge on any atom is -0.545 e. The third-order valence-corrected chi connectivity index (χ3v) is 2.92. The Morgan fingerprint density at radius 3 is 2.30 bits per heavy atom. The molecule has 0 fully saturated rings. The van der Waals surface area contributed by atoms with Gasteiger partial charge in [0.2, 0.25) is 0 Å². The summed E-state index contributed by atoms with van der Waals surface area (Å²) in [5.41, 5.74) is 1.99. The van der Waals surface area contributed by atoms with Crippen molar-refractivity contribution in [2.45, 2.75) is 6.54 Å². The van der Waals surface area contributed by atoms with E-state index >= 15 is 0 Å². The molecule has 4 nitrogen and oxygen atoms in total. The van der Waals surface area contributed by atoms with Crippen LogP contribution < -0.4 is 15.7 Å². The van der Waals surface area contributed by atoms with Crippen LogP contribution in [0.2, 0.25) is 0 Å². The number of carboxylic acids is 1. The Kier molecular flexibility index (Phi) is 4.68. The van der Waals surface area contributed by atoms with Crippen molar-refractivity contribution in [1.82, 2.24) is 5.32 Å². The summed E-state index contributed by atoms with van der Waals surface area (Å²) in [6.45, 7) is 0.629. The molecule has 0 heterocycles. The van der Waals surface area contributed by atoms with E-state index < -0.39 is 5.97 Å². The summed E-state index contributed by atoms with van der Waals surface area (Å²) in [5.74, 6) is -1.19. The summed E-state index contributed by atoms with van der Waals surface area (Å²) >= 11 is 5.17. The Labute approximate surface area is 122 Å². The average molecular weight is 285 g/mol. The molecule has 0 spiro atoms. The van der Waals surface area contributed by atoms with Crippen molar-refractivity contribution in [3.63, 3.8) is 0 Å². The maximum Gasteiger partial charge on any atom is 0.171 e. The molecule has 0 aliphatic carbocycles. The standard InChI is InChI=1S/C15H14N2O2S/c18-14(19)12-6-8-13(9-7-12)17-15(20)16-10-11-4-2-1-3-5-11/h1-9H,10H2,(H,18,19)(H2,16,17,20)/p-1. The monoisotopic (exact) mass is 285 g/mol. The van der Waals surface area contributed by atoms with Crippen LogP contribution in [0.15, 0.2) is 54.6 Å². The van der Waals surface area contributed by atoms with Gasteiger partial charge in [-0.25, -0.2) is 0 Å². The highest BCUT2D eigenvalue weighted by Crippen LogP contribution is 2.09. The lowest BCUT2D eigenvalue weighted by atomic mass is 10.2. The first-order chi connectivity index (χ1) is 9.65. The molecular formula is C15H13N2O2S-. The van der Waals surface area contributed by atoms with E-state index in [0.717, 1.165) is 11.3 Å². The molecule has 2 aromatic rings. The summed E-state index contributed by atoms with van der Waals surface area (Å²) < 4.78 is 0. The Morgan fingerprint density at radius 2 is 1.70 bits per heavy atom. The molecule has 2 aromatic carbocycles. The molecular weight excluding hydrogens is 272 g/mol. The van der Waals surface area contributed by atoms with Gasteiger partial charge >= 0.3 is 0 Å². The number of carbonyl (C=O) groups excluding carboxylic acids is 1. The van der Waals surface area contributed by atoms with Crippen molar-refractivity contribution >= 4 is 29.0 Å². The van der Waals surface area contributed by atoms with Crippen LogP contribution in [0, 0.1) is 0 Å². The van der Waals surface area contributed by atoms with Gasteiger partial charge in [-0.15, -0.1) is 0 Å². The maximum atomic E-state index is 10.6. The number of carboxylic acid groups (broad SMARTS) is 1. The number of hydrogen-bond acceptors (Lipinski definition) is 3. The van der Waals surface area contributed by atoms with Crippen molar-refractivity contribution in [2.75, 3.05) is 5.32 Å². The van der Waals surface area contributed by atoms with E-state index in [2.05, 4.69) is 10.6 Å². The van der Waals surface area contributed by atoms with Gasteiger partial charge < -0.3 is 20.5 Å². The third-order valence-electron chi connectivity index (χ3n) is 2.67. The normalized spacial score (nSPS) is 9.80. The van der Waals surface area contributed by atoms with Crippen molar-refractivity contribution in [2.24, 2.45) is 0 Å². The lowest BCUT2D eigenvalue weighted by Gasteiger charge is -2.11. The highest BCUT2D eigenvalue weighted by atomic mass is 32.1. The van der Waals surface area contributed by atoms with Gasteiger partial charge in [-0.1, -0.05) is 42.5 Å². The molecule has 0 unspecified atom stereocenters. The summed E-state index contributed by atoms with van der Waals surface area (Å²) in [6, 6.07) is 16.1. The lowest BCUT2D eigenvalue weighted by molar-refractivity contribution is -0.255. The van der Waals surface area contributed by atoms with Crippen LogP contribution in [0.25, 0.3) is 0 Å². The molecule has 20 heavy (non-hydrogen) atoms. The minimum absolute atomic E-state index is 0.138. The SMILES string of the molecule is O=C([O-])c1ccc(NC(=S)NCc2ccccc2)cc1. The Bertz CT molecular complexity index is 597. The molecule has 0 aromatic heterocycles. The van der Waals surface area contributed by atoms with Gasteiger partial charge in [0.1, 0.15) is 0 Å². The van der Waals surface area contributed by atoms with E-state index in [4.69, 9.17) is 12.2 Å². The van der Waals surface area contributed by atoms with Crippen molar-refractivity contribution in [3.05, 3.63) is 65.7 Å². The summed E-state index contributed by atoms with van der Waals surface area (Å²) in [7, 11) is 0. The van der Waals surface area contributed by atoms with E-state index in [9.17, 15) is 9.90 Å².